The average Bonchev–Trinajstić information content (AvgIpc) is 2.59. The number of quaternary nitrogens is 1. The van der Waals surface area contributed by atoms with Gasteiger partial charge in [0.1, 0.15) is 25.9 Å². The number of carbonyl (C=O) groups excluding carboxylic acids is 1. The number of phosphoric acid groups is 1. The Labute approximate surface area is 177 Å². The van der Waals surface area contributed by atoms with Gasteiger partial charge >= 0.3 is 6.09 Å². The molecule has 0 saturated carbocycles. The van der Waals surface area contributed by atoms with Gasteiger partial charge in [-0.1, -0.05) is 58.3 Å². The minimum Gasteiger partial charge on any atom is -0.756 e. The van der Waals surface area contributed by atoms with Crippen molar-refractivity contribution in [3.8, 4) is 0 Å². The van der Waals surface area contributed by atoms with Gasteiger partial charge in [0, 0.05) is 14.1 Å². The van der Waals surface area contributed by atoms with Crippen molar-refractivity contribution in [2.24, 2.45) is 0 Å². The Kier molecular flexibility index (Phi) is 14.8. The zero-order valence-corrected chi connectivity index (χ0v) is 20.2. The molecule has 8 nitrogen and oxygen atoms in total. The summed E-state index contributed by atoms with van der Waals surface area (Å²) in [7, 11) is 4.54. The Hall–Kier alpha value is -0.660. The summed E-state index contributed by atoms with van der Waals surface area (Å²) in [5.41, 5.74) is 0. The Morgan fingerprint density at radius 3 is 2.10 bits per heavy atom. The second-order valence-corrected chi connectivity index (χ2v) is 10.1. The summed E-state index contributed by atoms with van der Waals surface area (Å²) in [6.07, 6.45) is 8.38. The molecular formula is C20H43N2O6P. The highest BCUT2D eigenvalue weighted by atomic mass is 31.2. The monoisotopic (exact) mass is 438 g/mol. The van der Waals surface area contributed by atoms with Crippen molar-refractivity contribution >= 4 is 13.9 Å². The average molecular weight is 439 g/mol. The van der Waals surface area contributed by atoms with Crippen LogP contribution in [0.1, 0.15) is 64.7 Å². The van der Waals surface area contributed by atoms with Gasteiger partial charge in [-0.15, -0.1) is 0 Å². The van der Waals surface area contributed by atoms with Gasteiger partial charge in [0.25, 0.3) is 7.82 Å². The van der Waals surface area contributed by atoms with Gasteiger partial charge in [-0.2, -0.15) is 0 Å². The highest BCUT2D eigenvalue weighted by molar-refractivity contribution is 7.45. The van der Waals surface area contributed by atoms with Crippen molar-refractivity contribution in [3.63, 3.8) is 0 Å². The lowest BCUT2D eigenvalue weighted by Gasteiger charge is -2.30. The highest BCUT2D eigenvalue weighted by Crippen LogP contribution is 2.40. The van der Waals surface area contributed by atoms with Gasteiger partial charge < -0.3 is 28.1 Å². The second kappa shape index (κ2) is 15.2. The molecule has 0 spiro atoms. The molecule has 0 bridgehead atoms. The van der Waals surface area contributed by atoms with E-state index in [9.17, 15) is 14.3 Å². The number of hydrogen-bond acceptors (Lipinski definition) is 6. The minimum absolute atomic E-state index is 0.0479. The molecule has 0 aromatic carbocycles. The summed E-state index contributed by atoms with van der Waals surface area (Å²) in [5, 5.41) is 0. The maximum atomic E-state index is 12.2. The lowest BCUT2D eigenvalue weighted by atomic mass is 10.1. The van der Waals surface area contributed by atoms with Gasteiger partial charge in [0.2, 0.25) is 0 Å². The van der Waals surface area contributed by atoms with Crippen LogP contribution in [0.25, 0.3) is 0 Å². The number of rotatable bonds is 17. The van der Waals surface area contributed by atoms with Crippen LogP contribution in [-0.4, -0.2) is 76.6 Å². The minimum atomic E-state index is -4.46. The Morgan fingerprint density at radius 2 is 1.59 bits per heavy atom. The molecule has 0 heterocycles. The van der Waals surface area contributed by atoms with Crippen LogP contribution in [-0.2, 0) is 18.3 Å². The third-order valence-electron chi connectivity index (χ3n) is 4.43. The molecule has 0 aliphatic carbocycles. The number of phosphoric ester groups is 1. The van der Waals surface area contributed by atoms with E-state index in [2.05, 4.69) is 6.92 Å². The summed E-state index contributed by atoms with van der Waals surface area (Å²) in [5.74, 6) is 0. The molecule has 29 heavy (non-hydrogen) atoms. The van der Waals surface area contributed by atoms with Gasteiger partial charge in [-0.05, 0) is 6.42 Å². The van der Waals surface area contributed by atoms with E-state index in [0.29, 0.717) is 17.4 Å². The molecule has 0 saturated heterocycles. The predicted molar refractivity (Wildman–Crippen MR) is 114 cm³/mol. The molecule has 0 fully saturated rings. The molecule has 0 radical (unpaired) electrons. The van der Waals surface area contributed by atoms with Gasteiger partial charge in [0.15, 0.2) is 0 Å². The molecule has 2 atom stereocenters. The lowest BCUT2D eigenvalue weighted by Crippen LogP contribution is -2.37. The van der Waals surface area contributed by atoms with Crippen LogP contribution < -0.4 is 4.89 Å². The standard InChI is InChI=1S/C20H43N2O6P/c1-7-8-9-10-11-12-13-14-15-19(18-26-20(23)21(2)3)28-29(24,25)27-17-16-22(4,5)6/h19H,7-18H2,1-6H3. The summed E-state index contributed by atoms with van der Waals surface area (Å²) < 4.78 is 28.1. The molecule has 0 aromatic heterocycles. The quantitative estimate of drug-likeness (QED) is 0.195. The van der Waals surface area contributed by atoms with E-state index in [4.69, 9.17) is 13.8 Å². The maximum absolute atomic E-state index is 12.2. The molecule has 174 valence electrons. The van der Waals surface area contributed by atoms with Crippen LogP contribution in [0.2, 0.25) is 0 Å². The topological polar surface area (TPSA) is 88.1 Å². The number of amides is 1. The fourth-order valence-electron chi connectivity index (χ4n) is 2.61. The summed E-state index contributed by atoms with van der Waals surface area (Å²) in [6, 6.07) is 0. The first kappa shape index (κ1) is 28.3. The van der Waals surface area contributed by atoms with Crippen LogP contribution in [0.5, 0.6) is 0 Å². The van der Waals surface area contributed by atoms with Crippen molar-refractivity contribution in [1.29, 1.82) is 0 Å². The van der Waals surface area contributed by atoms with Gasteiger partial charge in [0.05, 0.1) is 21.1 Å². The Morgan fingerprint density at radius 1 is 1.03 bits per heavy atom. The van der Waals surface area contributed by atoms with E-state index < -0.39 is 20.0 Å². The third kappa shape index (κ3) is 17.9. The number of carbonyl (C=O) groups is 1. The molecule has 0 aromatic rings. The van der Waals surface area contributed by atoms with Crippen molar-refractivity contribution < 1.29 is 32.5 Å². The first-order valence-electron chi connectivity index (χ1n) is 10.8. The normalized spacial score (nSPS) is 15.0. The van der Waals surface area contributed by atoms with E-state index in [1.165, 1.54) is 37.0 Å². The fraction of sp³-hybridized carbons (Fsp3) is 0.950. The van der Waals surface area contributed by atoms with Crippen LogP contribution in [0.3, 0.4) is 0 Å². The van der Waals surface area contributed by atoms with Crippen molar-refractivity contribution in [3.05, 3.63) is 0 Å². The number of likely N-dealkylation sites (N-methyl/N-ethyl adjacent to an activating group) is 1. The summed E-state index contributed by atoms with van der Waals surface area (Å²) >= 11 is 0. The van der Waals surface area contributed by atoms with Crippen LogP contribution in [0.4, 0.5) is 4.79 Å². The number of hydrogen-bond donors (Lipinski definition) is 0. The van der Waals surface area contributed by atoms with Crippen LogP contribution in [0, 0.1) is 0 Å². The summed E-state index contributed by atoms with van der Waals surface area (Å²) in [6.45, 7) is 2.67. The summed E-state index contributed by atoms with van der Waals surface area (Å²) in [4.78, 5) is 25.1. The number of unbranched alkanes of at least 4 members (excludes halogenated alkanes) is 7. The van der Waals surface area contributed by atoms with E-state index in [-0.39, 0.29) is 13.2 Å². The first-order chi connectivity index (χ1) is 13.5. The lowest BCUT2D eigenvalue weighted by molar-refractivity contribution is -0.870. The molecule has 0 N–H and O–H groups in total. The van der Waals surface area contributed by atoms with Crippen LogP contribution >= 0.6 is 7.82 Å². The smallest absolute Gasteiger partial charge is 0.409 e. The van der Waals surface area contributed by atoms with Crippen molar-refractivity contribution in [2.45, 2.75) is 70.8 Å². The Bertz CT molecular complexity index is 482. The van der Waals surface area contributed by atoms with E-state index in [1.807, 2.05) is 21.1 Å². The first-order valence-corrected chi connectivity index (χ1v) is 12.2. The van der Waals surface area contributed by atoms with Crippen molar-refractivity contribution in [2.75, 3.05) is 55.0 Å². The zero-order valence-electron chi connectivity index (χ0n) is 19.4. The van der Waals surface area contributed by atoms with Gasteiger partial charge in [-0.3, -0.25) is 4.57 Å². The maximum Gasteiger partial charge on any atom is 0.409 e. The van der Waals surface area contributed by atoms with E-state index in [1.54, 1.807) is 14.1 Å². The zero-order chi connectivity index (χ0) is 22.3. The molecule has 1 amide bonds. The molecule has 0 aliphatic rings. The van der Waals surface area contributed by atoms with E-state index in [0.717, 1.165) is 19.3 Å². The predicted octanol–water partition coefficient (Wildman–Crippen LogP) is 3.79. The molecule has 2 unspecified atom stereocenters. The molecule has 9 heteroatoms. The molecule has 0 rings (SSSR count). The third-order valence-corrected chi connectivity index (χ3v) is 5.48. The number of nitrogens with zero attached hydrogens (tertiary/aromatic N) is 2. The van der Waals surface area contributed by atoms with Gasteiger partial charge in [-0.25, -0.2) is 4.79 Å². The van der Waals surface area contributed by atoms with E-state index >= 15 is 0 Å². The largest absolute Gasteiger partial charge is 0.756 e. The highest BCUT2D eigenvalue weighted by Gasteiger charge is 2.21. The second-order valence-electron chi connectivity index (χ2n) is 8.76. The van der Waals surface area contributed by atoms with Crippen LogP contribution in [0.15, 0.2) is 0 Å². The fourth-order valence-corrected chi connectivity index (χ4v) is 3.50. The number of ether oxygens (including phenoxy) is 1. The molecule has 0 aliphatic heterocycles. The SMILES string of the molecule is CCCCCCCCCCC(COC(=O)N(C)C)OP(=O)([O-])OCC[N+](C)(C)C. The molecular weight excluding hydrogens is 395 g/mol. The Balaban J connectivity index is 4.44. The van der Waals surface area contributed by atoms with Crippen molar-refractivity contribution in [1.82, 2.24) is 4.90 Å².